The van der Waals surface area contributed by atoms with Gasteiger partial charge in [0.25, 0.3) is 5.67 Å². The summed E-state index contributed by atoms with van der Waals surface area (Å²) in [6.45, 7) is 1.91. The Hall–Kier alpha value is -0.730. The van der Waals surface area contributed by atoms with Crippen molar-refractivity contribution in [2.45, 2.75) is 69.6 Å². The number of hydrogen-bond acceptors (Lipinski definition) is 3. The van der Waals surface area contributed by atoms with Crippen LogP contribution in [0.2, 0.25) is 0 Å². The highest BCUT2D eigenvalue weighted by atomic mass is 32.2. The quantitative estimate of drug-likeness (QED) is 0.242. The van der Waals surface area contributed by atoms with Gasteiger partial charge >= 0.3 is 12.4 Å². The molecule has 0 radical (unpaired) electrons. The van der Waals surface area contributed by atoms with Crippen molar-refractivity contribution in [3.05, 3.63) is 5.21 Å². The Morgan fingerprint density at radius 2 is 1.43 bits per heavy atom. The molecular weight excluding hydrogens is 452 g/mol. The fourth-order valence-corrected chi connectivity index (χ4v) is 4.10. The molecule has 0 fully saturated rings. The Kier molecular flexibility index (Phi) is 10.5. The zero-order valence-corrected chi connectivity index (χ0v) is 17.7. The maximum absolute atomic E-state index is 14.0. The highest BCUT2D eigenvalue weighted by Gasteiger charge is 2.72. The van der Waals surface area contributed by atoms with Gasteiger partial charge in [-0.15, -0.1) is 0 Å². The van der Waals surface area contributed by atoms with Gasteiger partial charge in [0.1, 0.15) is 5.67 Å². The first-order valence-corrected chi connectivity index (χ1v) is 10.8. The van der Waals surface area contributed by atoms with Gasteiger partial charge < -0.3 is 10.3 Å². The van der Waals surface area contributed by atoms with E-state index in [0.29, 0.717) is 0 Å². The molecular formula is C16H28F8N2O3S. The standard InChI is InChI=1S/C16H28F8N2O3S/c1-13(2,17)10-12(11-14(18,15(19,20)21)16(22,23)24)6-4-9-30(28,29)25-7-5-8-26(3)27/h12,25-26H,4-11H2,1-3H3. The van der Waals surface area contributed by atoms with Crippen molar-refractivity contribution in [3.8, 4) is 0 Å². The molecule has 0 bridgehead atoms. The molecule has 14 heteroatoms. The summed E-state index contributed by atoms with van der Waals surface area (Å²) in [4.78, 5) is 0. The van der Waals surface area contributed by atoms with Gasteiger partial charge in [-0.2, -0.15) is 26.3 Å². The summed E-state index contributed by atoms with van der Waals surface area (Å²) in [6.07, 6.45) is -16.1. The number of quaternary nitrogens is 1. The van der Waals surface area contributed by atoms with Crippen LogP contribution in [-0.4, -0.2) is 58.0 Å². The fourth-order valence-electron chi connectivity index (χ4n) is 2.95. The van der Waals surface area contributed by atoms with Gasteiger partial charge in [-0.25, -0.2) is 21.9 Å². The minimum Gasteiger partial charge on any atom is -0.634 e. The monoisotopic (exact) mass is 480 g/mol. The van der Waals surface area contributed by atoms with Crippen LogP contribution >= 0.6 is 0 Å². The van der Waals surface area contributed by atoms with E-state index in [1.807, 2.05) is 0 Å². The first kappa shape index (κ1) is 29.3. The Bertz CT molecular complexity index is 601. The molecule has 0 aliphatic heterocycles. The van der Waals surface area contributed by atoms with Crippen molar-refractivity contribution in [1.29, 1.82) is 0 Å². The van der Waals surface area contributed by atoms with Crippen molar-refractivity contribution in [3.63, 3.8) is 0 Å². The molecule has 0 saturated heterocycles. The predicted molar refractivity (Wildman–Crippen MR) is 94.6 cm³/mol. The molecule has 0 amide bonds. The third kappa shape index (κ3) is 10.5. The van der Waals surface area contributed by atoms with Crippen LogP contribution in [0.4, 0.5) is 35.1 Å². The highest BCUT2D eigenvalue weighted by molar-refractivity contribution is 7.89. The molecule has 0 rings (SSSR count). The van der Waals surface area contributed by atoms with Crippen molar-refractivity contribution in [1.82, 2.24) is 4.72 Å². The van der Waals surface area contributed by atoms with E-state index in [4.69, 9.17) is 0 Å². The van der Waals surface area contributed by atoms with Crippen LogP contribution in [0.5, 0.6) is 0 Å². The van der Waals surface area contributed by atoms with Crippen LogP contribution in [0, 0.1) is 11.1 Å². The lowest BCUT2D eigenvalue weighted by Gasteiger charge is -2.34. The summed E-state index contributed by atoms with van der Waals surface area (Å²) >= 11 is 0. The van der Waals surface area contributed by atoms with E-state index in [1.54, 1.807) is 0 Å². The second kappa shape index (κ2) is 10.7. The zero-order chi connectivity index (χ0) is 24.0. The Morgan fingerprint density at radius 3 is 1.83 bits per heavy atom. The second-order valence-electron chi connectivity index (χ2n) is 7.95. The van der Waals surface area contributed by atoms with Gasteiger partial charge in [-0.05, 0) is 39.0 Å². The van der Waals surface area contributed by atoms with Crippen molar-refractivity contribution in [2.75, 3.05) is 25.9 Å². The summed E-state index contributed by atoms with van der Waals surface area (Å²) in [5, 5.41) is 10.6. The average molecular weight is 480 g/mol. The Labute approximate surface area is 170 Å². The van der Waals surface area contributed by atoms with Gasteiger partial charge in [-0.3, -0.25) is 0 Å². The Morgan fingerprint density at radius 1 is 0.933 bits per heavy atom. The van der Waals surface area contributed by atoms with Crippen LogP contribution in [0.1, 0.15) is 46.0 Å². The molecule has 0 aliphatic rings. The predicted octanol–water partition coefficient (Wildman–Crippen LogP) is 3.07. The normalized spacial score (nSPS) is 16.5. The fraction of sp³-hybridized carbons (Fsp3) is 1.00. The molecule has 0 saturated carbocycles. The van der Waals surface area contributed by atoms with Crippen LogP contribution < -0.4 is 9.79 Å². The van der Waals surface area contributed by atoms with Gasteiger partial charge in [0.2, 0.25) is 10.0 Å². The SMILES string of the molecule is C[NH+]([O-])CCCNS(=O)(=O)CCCC(CC(C)(C)F)CC(F)(C(F)(F)F)C(F)(F)F. The van der Waals surface area contributed by atoms with E-state index < -0.39 is 71.1 Å². The van der Waals surface area contributed by atoms with Crippen molar-refractivity contribution >= 4 is 10.0 Å². The van der Waals surface area contributed by atoms with E-state index in [-0.39, 0.29) is 24.6 Å². The summed E-state index contributed by atoms with van der Waals surface area (Å²) in [6, 6.07) is 0. The number of alkyl halides is 8. The molecule has 182 valence electrons. The number of hydrogen-bond donors (Lipinski definition) is 2. The maximum atomic E-state index is 14.0. The molecule has 2 N–H and O–H groups in total. The van der Waals surface area contributed by atoms with Gasteiger partial charge in [0, 0.05) is 19.4 Å². The molecule has 2 atom stereocenters. The number of hydroxylamine groups is 2. The van der Waals surface area contributed by atoms with Gasteiger partial charge in [0.15, 0.2) is 0 Å². The average Bonchev–Trinajstić information content (AvgIpc) is 2.47. The smallest absolute Gasteiger partial charge is 0.431 e. The van der Waals surface area contributed by atoms with Crippen LogP contribution in [-0.2, 0) is 10.0 Å². The molecule has 5 nitrogen and oxygen atoms in total. The van der Waals surface area contributed by atoms with Gasteiger partial charge in [0.05, 0.1) is 19.3 Å². The van der Waals surface area contributed by atoms with Crippen LogP contribution in [0.15, 0.2) is 0 Å². The van der Waals surface area contributed by atoms with Gasteiger partial charge in [-0.1, -0.05) is 0 Å². The largest absolute Gasteiger partial charge is 0.634 e. The third-order valence-corrected chi connectivity index (χ3v) is 5.77. The lowest BCUT2D eigenvalue weighted by molar-refractivity contribution is -0.825. The second-order valence-corrected chi connectivity index (χ2v) is 9.88. The topological polar surface area (TPSA) is 73.7 Å². The number of rotatable bonds is 13. The van der Waals surface area contributed by atoms with E-state index in [9.17, 15) is 48.7 Å². The summed E-state index contributed by atoms with van der Waals surface area (Å²) in [5.41, 5.74) is -7.72. The highest BCUT2D eigenvalue weighted by Crippen LogP contribution is 2.51. The molecule has 0 aromatic carbocycles. The van der Waals surface area contributed by atoms with Crippen molar-refractivity contribution < 1.29 is 48.6 Å². The summed E-state index contributed by atoms with van der Waals surface area (Å²) < 4.78 is 131. The first-order valence-electron chi connectivity index (χ1n) is 9.18. The molecule has 0 heterocycles. The summed E-state index contributed by atoms with van der Waals surface area (Å²) in [5.74, 6) is -2.35. The van der Waals surface area contributed by atoms with Crippen LogP contribution in [0.25, 0.3) is 0 Å². The molecule has 0 aliphatic carbocycles. The molecule has 30 heavy (non-hydrogen) atoms. The minimum atomic E-state index is -6.26. The van der Waals surface area contributed by atoms with E-state index in [1.165, 1.54) is 7.05 Å². The van der Waals surface area contributed by atoms with Crippen LogP contribution in [0.3, 0.4) is 0 Å². The van der Waals surface area contributed by atoms with Crippen molar-refractivity contribution in [2.24, 2.45) is 5.92 Å². The van der Waals surface area contributed by atoms with E-state index >= 15 is 0 Å². The molecule has 0 aromatic rings. The first-order chi connectivity index (χ1) is 13.2. The maximum Gasteiger partial charge on any atom is 0.431 e. The minimum absolute atomic E-state index is 0.0708. The Balaban J connectivity index is 5.13. The number of sulfonamides is 1. The lowest BCUT2D eigenvalue weighted by Crippen LogP contribution is -3.03. The zero-order valence-electron chi connectivity index (χ0n) is 16.9. The number of nitrogens with one attached hydrogen (secondary N) is 2. The molecule has 0 spiro atoms. The molecule has 2 unspecified atom stereocenters. The summed E-state index contributed by atoms with van der Waals surface area (Å²) in [7, 11) is -2.60. The molecule has 0 aromatic heterocycles. The number of halogens is 8. The lowest BCUT2D eigenvalue weighted by atomic mass is 9.82. The van der Waals surface area contributed by atoms with E-state index in [0.717, 1.165) is 13.8 Å². The third-order valence-electron chi connectivity index (χ3n) is 4.30. The van der Waals surface area contributed by atoms with E-state index in [2.05, 4.69) is 4.72 Å².